The van der Waals surface area contributed by atoms with Crippen molar-refractivity contribution >= 4 is 5.91 Å². The predicted octanol–water partition coefficient (Wildman–Crippen LogP) is 3.23. The zero-order chi connectivity index (χ0) is 23.2. The lowest BCUT2D eigenvalue weighted by Crippen LogP contribution is -2.35. The second-order valence-corrected chi connectivity index (χ2v) is 8.78. The highest BCUT2D eigenvalue weighted by molar-refractivity contribution is 5.94. The molecule has 1 aromatic heterocycles. The standard InChI is InChI=1S/C26H32N4O3/c1-30(16-22-15-23(17-33-2)29-28-22)26(32)20-10-8-18(9-11-20)14-21-12-13-24(27-21)25(31)19-6-4-3-5-7-19/h3-11,15,21,24-25,27,31H,12-14,16-17H2,1-2H3,(H,28,29)/t21-,24+,25?/m0/s1. The van der Waals surface area contributed by atoms with Gasteiger partial charge in [-0.1, -0.05) is 42.5 Å². The van der Waals surface area contributed by atoms with E-state index in [4.69, 9.17) is 4.74 Å². The van der Waals surface area contributed by atoms with Gasteiger partial charge in [-0.25, -0.2) is 0 Å². The molecule has 1 aliphatic heterocycles. The van der Waals surface area contributed by atoms with Crippen molar-refractivity contribution in [3.05, 3.63) is 88.7 Å². The summed E-state index contributed by atoms with van der Waals surface area (Å²) in [6.45, 7) is 0.895. The van der Waals surface area contributed by atoms with Gasteiger partial charge in [0.2, 0.25) is 0 Å². The number of carbonyl (C=O) groups is 1. The smallest absolute Gasteiger partial charge is 0.253 e. The second kappa shape index (κ2) is 10.7. The summed E-state index contributed by atoms with van der Waals surface area (Å²) in [5.41, 5.74) is 4.48. The van der Waals surface area contributed by atoms with Gasteiger partial charge in [-0.15, -0.1) is 0 Å². The van der Waals surface area contributed by atoms with Crippen LogP contribution in [-0.4, -0.2) is 52.4 Å². The van der Waals surface area contributed by atoms with Gasteiger partial charge in [0.15, 0.2) is 0 Å². The first-order chi connectivity index (χ1) is 16.0. The molecule has 1 amide bonds. The van der Waals surface area contributed by atoms with Crippen molar-refractivity contribution < 1.29 is 14.6 Å². The Labute approximate surface area is 194 Å². The number of carbonyl (C=O) groups excluding carboxylic acids is 1. The molecule has 174 valence electrons. The predicted molar refractivity (Wildman–Crippen MR) is 127 cm³/mol. The van der Waals surface area contributed by atoms with Crippen molar-refractivity contribution in [3.8, 4) is 0 Å². The molecule has 0 saturated carbocycles. The van der Waals surface area contributed by atoms with Gasteiger partial charge < -0.3 is 20.1 Å². The van der Waals surface area contributed by atoms with Crippen LogP contribution in [0.15, 0.2) is 60.7 Å². The van der Waals surface area contributed by atoms with Crippen molar-refractivity contribution in [1.82, 2.24) is 20.4 Å². The lowest BCUT2D eigenvalue weighted by molar-refractivity contribution is 0.0783. The molecule has 1 unspecified atom stereocenters. The lowest BCUT2D eigenvalue weighted by Gasteiger charge is -2.20. The summed E-state index contributed by atoms with van der Waals surface area (Å²) in [7, 11) is 3.41. The third-order valence-corrected chi connectivity index (χ3v) is 6.21. The Bertz CT molecular complexity index is 1040. The van der Waals surface area contributed by atoms with Gasteiger partial charge in [0.05, 0.1) is 30.6 Å². The number of nitrogens with zero attached hydrogens (tertiary/aromatic N) is 2. The maximum absolute atomic E-state index is 12.8. The van der Waals surface area contributed by atoms with Crippen molar-refractivity contribution in [3.63, 3.8) is 0 Å². The van der Waals surface area contributed by atoms with Crippen LogP contribution in [0.4, 0.5) is 0 Å². The molecule has 0 radical (unpaired) electrons. The molecule has 3 N–H and O–H groups in total. The van der Waals surface area contributed by atoms with Crippen molar-refractivity contribution in [2.24, 2.45) is 0 Å². The minimum Gasteiger partial charge on any atom is -0.387 e. The first-order valence-corrected chi connectivity index (χ1v) is 11.4. The Kier molecular flexibility index (Phi) is 7.54. The number of ether oxygens (including phenoxy) is 1. The zero-order valence-electron chi connectivity index (χ0n) is 19.2. The zero-order valence-corrected chi connectivity index (χ0v) is 19.2. The van der Waals surface area contributed by atoms with Crippen LogP contribution in [0.25, 0.3) is 0 Å². The largest absolute Gasteiger partial charge is 0.387 e. The number of hydrogen-bond acceptors (Lipinski definition) is 5. The summed E-state index contributed by atoms with van der Waals surface area (Å²) in [6.07, 6.45) is 2.35. The van der Waals surface area contributed by atoms with E-state index in [0.717, 1.165) is 36.2 Å². The van der Waals surface area contributed by atoms with Gasteiger partial charge in [-0.3, -0.25) is 9.89 Å². The molecule has 0 spiro atoms. The fourth-order valence-electron chi connectivity index (χ4n) is 4.47. The number of benzene rings is 2. The number of amides is 1. The molecule has 33 heavy (non-hydrogen) atoms. The molecule has 2 heterocycles. The monoisotopic (exact) mass is 448 g/mol. The van der Waals surface area contributed by atoms with Crippen LogP contribution in [0.2, 0.25) is 0 Å². The van der Waals surface area contributed by atoms with E-state index < -0.39 is 6.10 Å². The van der Waals surface area contributed by atoms with E-state index in [9.17, 15) is 9.90 Å². The number of aliphatic hydroxyl groups is 1. The van der Waals surface area contributed by atoms with Crippen LogP contribution in [-0.2, 0) is 24.3 Å². The van der Waals surface area contributed by atoms with Gasteiger partial charge >= 0.3 is 0 Å². The van der Waals surface area contributed by atoms with Gasteiger partial charge in [0.25, 0.3) is 5.91 Å². The Morgan fingerprint density at radius 1 is 1.18 bits per heavy atom. The SMILES string of the molecule is COCc1cc(CN(C)C(=O)c2ccc(C[C@@H]3CC[C@H](C(O)c4ccccc4)N3)cc2)[nH]n1. The summed E-state index contributed by atoms with van der Waals surface area (Å²) < 4.78 is 5.08. The van der Waals surface area contributed by atoms with Gasteiger partial charge in [-0.2, -0.15) is 5.10 Å². The first kappa shape index (κ1) is 23.2. The highest BCUT2D eigenvalue weighted by atomic mass is 16.5. The molecule has 2 aromatic carbocycles. The van der Waals surface area contributed by atoms with Crippen molar-refractivity contribution in [2.75, 3.05) is 14.2 Å². The summed E-state index contributed by atoms with van der Waals surface area (Å²) in [4.78, 5) is 14.5. The number of rotatable bonds is 9. The number of nitrogens with one attached hydrogen (secondary N) is 2. The van der Waals surface area contributed by atoms with E-state index in [1.165, 1.54) is 5.56 Å². The van der Waals surface area contributed by atoms with E-state index in [-0.39, 0.29) is 11.9 Å². The fraction of sp³-hybridized carbons (Fsp3) is 0.385. The molecule has 0 bridgehead atoms. The van der Waals surface area contributed by atoms with Crippen LogP contribution >= 0.6 is 0 Å². The number of aromatic nitrogens is 2. The van der Waals surface area contributed by atoms with E-state index in [1.807, 2.05) is 60.7 Å². The Morgan fingerprint density at radius 2 is 1.94 bits per heavy atom. The van der Waals surface area contributed by atoms with E-state index >= 15 is 0 Å². The second-order valence-electron chi connectivity index (χ2n) is 8.78. The van der Waals surface area contributed by atoms with Gasteiger partial charge in [-0.05, 0) is 48.6 Å². The summed E-state index contributed by atoms with van der Waals surface area (Å²) >= 11 is 0. The summed E-state index contributed by atoms with van der Waals surface area (Å²) in [6, 6.07) is 19.9. The van der Waals surface area contributed by atoms with E-state index in [0.29, 0.717) is 24.8 Å². The van der Waals surface area contributed by atoms with E-state index in [1.54, 1.807) is 19.1 Å². The summed E-state index contributed by atoms with van der Waals surface area (Å²) in [5.74, 6) is -0.0329. The molecular weight excluding hydrogens is 416 g/mol. The molecule has 4 rings (SSSR count). The minimum absolute atomic E-state index is 0.0329. The topological polar surface area (TPSA) is 90.5 Å². The molecule has 7 nitrogen and oxygen atoms in total. The van der Waals surface area contributed by atoms with Crippen molar-refractivity contribution in [1.29, 1.82) is 0 Å². The number of H-pyrrole nitrogens is 1. The molecule has 1 aliphatic rings. The Balaban J connectivity index is 1.29. The minimum atomic E-state index is -0.493. The van der Waals surface area contributed by atoms with Gasteiger partial charge in [0.1, 0.15) is 0 Å². The average Bonchev–Trinajstić information content (AvgIpc) is 3.49. The molecule has 3 aromatic rings. The highest BCUT2D eigenvalue weighted by Crippen LogP contribution is 2.26. The lowest BCUT2D eigenvalue weighted by atomic mass is 10.0. The quantitative estimate of drug-likeness (QED) is 0.468. The molecular formula is C26H32N4O3. The first-order valence-electron chi connectivity index (χ1n) is 11.4. The van der Waals surface area contributed by atoms with E-state index in [2.05, 4.69) is 15.5 Å². The molecule has 7 heteroatoms. The number of aliphatic hydroxyl groups excluding tert-OH is 1. The maximum atomic E-state index is 12.8. The fourth-order valence-corrected chi connectivity index (χ4v) is 4.47. The molecule has 0 aliphatic carbocycles. The Hall–Kier alpha value is -3.00. The average molecular weight is 449 g/mol. The Morgan fingerprint density at radius 3 is 2.67 bits per heavy atom. The molecule has 1 fully saturated rings. The summed E-state index contributed by atoms with van der Waals surface area (Å²) in [5, 5.41) is 21.4. The van der Waals surface area contributed by atoms with Crippen molar-refractivity contribution in [2.45, 2.75) is 50.6 Å². The van der Waals surface area contributed by atoms with Crippen LogP contribution in [0.5, 0.6) is 0 Å². The normalized spacial score (nSPS) is 18.9. The number of methoxy groups -OCH3 is 1. The van der Waals surface area contributed by atoms with Crippen LogP contribution in [0, 0.1) is 0 Å². The van der Waals surface area contributed by atoms with Crippen LogP contribution in [0.3, 0.4) is 0 Å². The molecule has 3 atom stereocenters. The third-order valence-electron chi connectivity index (χ3n) is 6.21. The highest BCUT2D eigenvalue weighted by Gasteiger charge is 2.29. The number of aromatic amines is 1. The maximum Gasteiger partial charge on any atom is 0.253 e. The molecule has 1 saturated heterocycles. The van der Waals surface area contributed by atoms with Crippen LogP contribution < -0.4 is 5.32 Å². The number of hydrogen-bond donors (Lipinski definition) is 3. The van der Waals surface area contributed by atoms with Crippen LogP contribution in [0.1, 0.15) is 51.8 Å². The third kappa shape index (κ3) is 5.87. The van der Waals surface area contributed by atoms with Gasteiger partial charge in [0, 0.05) is 31.8 Å².